The lowest BCUT2D eigenvalue weighted by Crippen LogP contribution is -2.18. The van der Waals surface area contributed by atoms with Crippen LogP contribution in [0.25, 0.3) is 0 Å². The molecule has 1 aromatic carbocycles. The van der Waals surface area contributed by atoms with Crippen molar-refractivity contribution < 1.29 is 27.4 Å². The van der Waals surface area contributed by atoms with Crippen molar-refractivity contribution in [1.29, 1.82) is 0 Å². The average Bonchev–Trinajstić information content (AvgIpc) is 2.35. The summed E-state index contributed by atoms with van der Waals surface area (Å²) in [6, 6.07) is 3.56. The first-order valence-corrected chi connectivity index (χ1v) is 6.51. The van der Waals surface area contributed by atoms with Gasteiger partial charge in [-0.2, -0.15) is 0 Å². The summed E-state index contributed by atoms with van der Waals surface area (Å²) in [5.74, 6) is 0.787. The second-order valence-corrected chi connectivity index (χ2v) is 4.64. The molecule has 0 spiro atoms. The van der Waals surface area contributed by atoms with Crippen LogP contribution >= 0.6 is 15.9 Å². The van der Waals surface area contributed by atoms with Crippen LogP contribution in [0.4, 0.5) is 13.2 Å². The maximum Gasteiger partial charge on any atom is 0.522 e. The third kappa shape index (κ3) is 5.56. The number of hydrogen-bond donors (Lipinski definition) is 1. The smallest absolute Gasteiger partial charge is 0.493 e. The molecule has 4 nitrogen and oxygen atoms in total. The summed E-state index contributed by atoms with van der Waals surface area (Å²) < 4.78 is 50.2. The summed E-state index contributed by atoms with van der Waals surface area (Å²) in [6.07, 6.45) is -4.65. The lowest BCUT2D eigenvalue weighted by atomic mass is 10.2. The molecule has 0 radical (unpaired) electrons. The number of nitrogens with one attached hydrogen (secondary N) is 1. The zero-order valence-corrected chi connectivity index (χ0v) is 12.6. The number of ether oxygens (including phenoxy) is 3. The lowest BCUT2D eigenvalue weighted by molar-refractivity contribution is -0.325. The van der Waals surface area contributed by atoms with Crippen LogP contribution in [0.1, 0.15) is 5.56 Å². The van der Waals surface area contributed by atoms with Crippen LogP contribution in [-0.4, -0.2) is 33.7 Å². The number of halogens is 4. The van der Waals surface area contributed by atoms with Gasteiger partial charge in [-0.1, -0.05) is 0 Å². The highest BCUT2D eigenvalue weighted by Gasteiger charge is 2.28. The Morgan fingerprint density at radius 3 is 2.50 bits per heavy atom. The molecule has 0 amide bonds. The molecule has 0 aliphatic carbocycles. The van der Waals surface area contributed by atoms with Gasteiger partial charge in [-0.3, -0.25) is 4.74 Å². The molecule has 0 aliphatic heterocycles. The second kappa shape index (κ2) is 7.70. The fourth-order valence-corrected chi connectivity index (χ4v) is 2.12. The van der Waals surface area contributed by atoms with Gasteiger partial charge in [-0.25, -0.2) is 0 Å². The van der Waals surface area contributed by atoms with Crippen molar-refractivity contribution in [2.45, 2.75) is 12.9 Å². The summed E-state index contributed by atoms with van der Waals surface area (Å²) in [6.45, 7) is -0.191. The largest absolute Gasteiger partial charge is 0.522 e. The van der Waals surface area contributed by atoms with Crippen LogP contribution in [0.15, 0.2) is 16.6 Å². The van der Waals surface area contributed by atoms with E-state index >= 15 is 0 Å². The molecule has 0 atom stereocenters. The zero-order valence-electron chi connectivity index (χ0n) is 11.0. The summed E-state index contributed by atoms with van der Waals surface area (Å²) in [5, 5.41) is 2.99. The minimum Gasteiger partial charge on any atom is -0.493 e. The Hall–Kier alpha value is -0.990. The van der Waals surface area contributed by atoms with Gasteiger partial charge in [-0.15, -0.1) is 13.2 Å². The molecule has 8 heteroatoms. The van der Waals surface area contributed by atoms with Crippen molar-refractivity contribution >= 4 is 15.9 Å². The minimum atomic E-state index is -4.65. The summed E-state index contributed by atoms with van der Waals surface area (Å²) in [5.41, 5.74) is 0.954. The molecule has 0 aromatic heterocycles. The van der Waals surface area contributed by atoms with Gasteiger partial charge in [0.1, 0.15) is 6.61 Å². The lowest BCUT2D eigenvalue weighted by Gasteiger charge is -2.15. The Bertz CT molecular complexity index is 441. The molecule has 1 N–H and O–H groups in total. The number of alkyl halides is 3. The van der Waals surface area contributed by atoms with Crippen LogP contribution in [0.2, 0.25) is 0 Å². The van der Waals surface area contributed by atoms with Crippen LogP contribution in [0.5, 0.6) is 11.5 Å². The van der Waals surface area contributed by atoms with Crippen molar-refractivity contribution in [1.82, 2.24) is 5.32 Å². The number of benzene rings is 1. The fourth-order valence-electron chi connectivity index (χ4n) is 1.52. The SMILES string of the molecule is CNCc1cc(Br)c(OCCOC(F)(F)F)c(OC)c1. The second-order valence-electron chi connectivity index (χ2n) is 3.78. The van der Waals surface area contributed by atoms with E-state index in [1.807, 2.05) is 0 Å². The third-order valence-corrected chi connectivity index (χ3v) is 2.85. The number of hydrogen-bond acceptors (Lipinski definition) is 4. The predicted octanol–water partition coefficient (Wildman–Crippen LogP) is 3.09. The van der Waals surface area contributed by atoms with Crippen LogP contribution in [0, 0.1) is 0 Å². The molecule has 20 heavy (non-hydrogen) atoms. The van der Waals surface area contributed by atoms with Gasteiger partial charge >= 0.3 is 6.36 Å². The van der Waals surface area contributed by atoms with Crippen LogP contribution in [-0.2, 0) is 11.3 Å². The van der Waals surface area contributed by atoms with E-state index in [0.717, 1.165) is 5.56 Å². The Balaban J connectivity index is 2.69. The summed E-state index contributed by atoms with van der Waals surface area (Å²) >= 11 is 3.30. The molecule has 0 bridgehead atoms. The van der Waals surface area contributed by atoms with E-state index in [2.05, 4.69) is 26.0 Å². The van der Waals surface area contributed by atoms with E-state index in [9.17, 15) is 13.2 Å². The molecule has 0 unspecified atom stereocenters. The predicted molar refractivity (Wildman–Crippen MR) is 71.0 cm³/mol. The van der Waals surface area contributed by atoms with Crippen LogP contribution in [0.3, 0.4) is 0 Å². The van der Waals surface area contributed by atoms with Crippen molar-refractivity contribution in [3.8, 4) is 11.5 Å². The molecule has 0 saturated heterocycles. The maximum absolute atomic E-state index is 11.8. The van der Waals surface area contributed by atoms with Gasteiger partial charge < -0.3 is 14.8 Å². The molecule has 0 heterocycles. The van der Waals surface area contributed by atoms with E-state index in [-0.39, 0.29) is 6.61 Å². The molecule has 114 valence electrons. The van der Waals surface area contributed by atoms with E-state index < -0.39 is 13.0 Å². The van der Waals surface area contributed by atoms with Gasteiger partial charge in [-0.05, 0) is 40.7 Å². The fraction of sp³-hybridized carbons (Fsp3) is 0.500. The molecule has 0 saturated carbocycles. The van der Waals surface area contributed by atoms with E-state index in [1.54, 1.807) is 19.2 Å². The Morgan fingerprint density at radius 1 is 1.25 bits per heavy atom. The summed E-state index contributed by atoms with van der Waals surface area (Å²) in [7, 11) is 3.27. The Morgan fingerprint density at radius 2 is 1.95 bits per heavy atom. The molecule has 0 aliphatic rings. The van der Waals surface area contributed by atoms with Gasteiger partial charge in [0.05, 0.1) is 18.2 Å². The Labute approximate surface area is 123 Å². The molecule has 1 rings (SSSR count). The highest BCUT2D eigenvalue weighted by molar-refractivity contribution is 9.10. The van der Waals surface area contributed by atoms with Crippen molar-refractivity contribution in [3.63, 3.8) is 0 Å². The first-order chi connectivity index (χ1) is 9.37. The standard InChI is InChI=1S/C12H15BrF3NO3/c1-17-7-8-5-9(13)11(10(6-8)18-2)19-3-4-20-12(14,15)16/h5-6,17H,3-4,7H2,1-2H3. The first kappa shape index (κ1) is 17.1. The minimum absolute atomic E-state index is 0.236. The first-order valence-electron chi connectivity index (χ1n) is 5.72. The molecular formula is C12H15BrF3NO3. The van der Waals surface area contributed by atoms with Gasteiger partial charge in [0.15, 0.2) is 11.5 Å². The van der Waals surface area contributed by atoms with Gasteiger partial charge in [0.25, 0.3) is 0 Å². The summed E-state index contributed by atoms with van der Waals surface area (Å²) in [4.78, 5) is 0. The van der Waals surface area contributed by atoms with Crippen molar-refractivity contribution in [3.05, 3.63) is 22.2 Å². The maximum atomic E-state index is 11.8. The van der Waals surface area contributed by atoms with Crippen molar-refractivity contribution in [2.24, 2.45) is 0 Å². The average molecular weight is 358 g/mol. The Kier molecular flexibility index (Phi) is 6.57. The van der Waals surface area contributed by atoms with Gasteiger partial charge in [0.2, 0.25) is 0 Å². The van der Waals surface area contributed by atoms with E-state index in [0.29, 0.717) is 22.5 Å². The van der Waals surface area contributed by atoms with Gasteiger partial charge in [0, 0.05) is 6.54 Å². The highest BCUT2D eigenvalue weighted by atomic mass is 79.9. The van der Waals surface area contributed by atoms with Crippen LogP contribution < -0.4 is 14.8 Å². The zero-order chi connectivity index (χ0) is 15.2. The molecule has 1 aromatic rings. The quantitative estimate of drug-likeness (QED) is 0.761. The van der Waals surface area contributed by atoms with E-state index in [1.165, 1.54) is 7.11 Å². The normalized spacial score (nSPS) is 11.5. The topological polar surface area (TPSA) is 39.7 Å². The third-order valence-electron chi connectivity index (χ3n) is 2.27. The highest BCUT2D eigenvalue weighted by Crippen LogP contribution is 2.36. The monoisotopic (exact) mass is 357 g/mol. The van der Waals surface area contributed by atoms with Crippen molar-refractivity contribution in [2.75, 3.05) is 27.4 Å². The number of methoxy groups -OCH3 is 1. The number of rotatable bonds is 7. The molecule has 0 fully saturated rings. The van der Waals surface area contributed by atoms with E-state index in [4.69, 9.17) is 9.47 Å². The molecular weight excluding hydrogens is 343 g/mol.